The molecule has 0 fully saturated rings. The Morgan fingerprint density at radius 3 is 1.48 bits per heavy atom. The average Bonchev–Trinajstić information content (AvgIpc) is 2.56. The summed E-state index contributed by atoms with van der Waals surface area (Å²) in [5, 5.41) is 0. The summed E-state index contributed by atoms with van der Waals surface area (Å²) < 4.78 is 0. The Bertz CT molecular complexity index is 336. The fourth-order valence-electron chi connectivity index (χ4n) is 3.05. The second-order valence-corrected chi connectivity index (χ2v) is 6.67. The van der Waals surface area contributed by atoms with E-state index in [1.54, 1.807) is 0 Å². The van der Waals surface area contributed by atoms with Crippen LogP contribution in [0.25, 0.3) is 0 Å². The molecular weight excluding hydrogens is 364 g/mol. The molecule has 0 unspecified atom stereocenters. The molecule has 2 N–H and O–H groups in total. The molecule has 142 valence electrons. The minimum atomic E-state index is 0. The molecule has 0 saturated carbocycles. The van der Waals surface area contributed by atoms with Crippen molar-refractivity contribution < 1.29 is 30.4 Å². The third kappa shape index (κ3) is 19.9. The maximum atomic E-state index is 4.38. The Balaban J connectivity index is -0.00000161. The van der Waals surface area contributed by atoms with E-state index in [2.05, 4.69) is 24.0 Å². The van der Waals surface area contributed by atoms with E-state index in [4.69, 9.17) is 0 Å². The number of hydrogen-bond donors (Lipinski definition) is 0. The van der Waals surface area contributed by atoms with Crippen molar-refractivity contribution in [3.8, 4) is 0 Å². The summed E-state index contributed by atoms with van der Waals surface area (Å²) in [7, 11) is 0. The summed E-state index contributed by atoms with van der Waals surface area (Å²) in [6, 6.07) is 6.23. The Kier molecular flexibility index (Phi) is 27.9. The molecule has 1 aromatic heterocycles. The predicted octanol–water partition coefficient (Wildman–Crippen LogP) is 6.75. The molecule has 1 heterocycles. The SMILES string of the molecule is CCCCCCCCCCCCCCCCc1ccccn1.[OH-].[OH-].[Zn+2]. The molecule has 1 rings (SSSR count). The largest absolute Gasteiger partial charge is 2.00 e. The molecule has 0 aliphatic heterocycles. The summed E-state index contributed by atoms with van der Waals surface area (Å²) in [6.07, 6.45) is 23.0. The van der Waals surface area contributed by atoms with E-state index in [-0.39, 0.29) is 30.4 Å². The summed E-state index contributed by atoms with van der Waals surface area (Å²) in [5.74, 6) is 0. The van der Waals surface area contributed by atoms with E-state index in [1.165, 1.54) is 95.6 Å². The van der Waals surface area contributed by atoms with E-state index in [9.17, 15) is 0 Å². The van der Waals surface area contributed by atoms with Gasteiger partial charge in [-0.1, -0.05) is 96.5 Å². The van der Waals surface area contributed by atoms with Gasteiger partial charge in [-0.2, -0.15) is 0 Å². The van der Waals surface area contributed by atoms with Crippen LogP contribution in [0, 0.1) is 0 Å². The molecular formula is C21H39NO2Zn. The molecule has 0 saturated heterocycles. The van der Waals surface area contributed by atoms with Crippen molar-refractivity contribution >= 4 is 0 Å². The van der Waals surface area contributed by atoms with Gasteiger partial charge < -0.3 is 11.0 Å². The smallest absolute Gasteiger partial charge is 0.870 e. The maximum absolute atomic E-state index is 4.38. The minimum absolute atomic E-state index is 0. The molecule has 3 nitrogen and oxygen atoms in total. The minimum Gasteiger partial charge on any atom is -0.870 e. The normalized spacial score (nSPS) is 9.64. The van der Waals surface area contributed by atoms with Gasteiger partial charge in [0.15, 0.2) is 0 Å². The second kappa shape index (κ2) is 23.7. The van der Waals surface area contributed by atoms with Crippen molar-refractivity contribution in [1.29, 1.82) is 0 Å². The topological polar surface area (TPSA) is 72.9 Å². The number of rotatable bonds is 15. The molecule has 0 aliphatic carbocycles. The zero-order chi connectivity index (χ0) is 15.7. The number of hydrogen-bond acceptors (Lipinski definition) is 3. The van der Waals surface area contributed by atoms with Gasteiger partial charge >= 0.3 is 19.5 Å². The molecule has 0 radical (unpaired) electrons. The molecule has 0 amide bonds. The fraction of sp³-hybridized carbons (Fsp3) is 0.762. The standard InChI is InChI=1S/C21H37N.2H2O.Zn/c1-2-3-4-5-6-7-8-9-10-11-12-13-14-15-18-21-19-16-17-20-22-21;;;/h16-17,19-20H,2-15,18H2,1H3;2*1H2;/q;;;+2/p-2. The van der Waals surface area contributed by atoms with Crippen molar-refractivity contribution in [2.24, 2.45) is 0 Å². The van der Waals surface area contributed by atoms with Crippen molar-refractivity contribution in [1.82, 2.24) is 4.98 Å². The zero-order valence-corrected chi connectivity index (χ0v) is 19.4. The van der Waals surface area contributed by atoms with Crippen LogP contribution in [0.15, 0.2) is 24.4 Å². The van der Waals surface area contributed by atoms with Gasteiger partial charge in [-0.25, -0.2) is 0 Å². The third-order valence-electron chi connectivity index (χ3n) is 4.51. The second-order valence-electron chi connectivity index (χ2n) is 6.67. The van der Waals surface area contributed by atoms with Crippen LogP contribution < -0.4 is 0 Å². The molecule has 0 bridgehead atoms. The summed E-state index contributed by atoms with van der Waals surface area (Å²) in [5.41, 5.74) is 1.25. The van der Waals surface area contributed by atoms with Gasteiger partial charge in [-0.15, -0.1) is 0 Å². The number of aryl methyl sites for hydroxylation is 1. The fourth-order valence-corrected chi connectivity index (χ4v) is 3.05. The monoisotopic (exact) mass is 401 g/mol. The van der Waals surface area contributed by atoms with E-state index in [1.807, 2.05) is 12.3 Å². The first-order valence-corrected chi connectivity index (χ1v) is 9.83. The van der Waals surface area contributed by atoms with E-state index < -0.39 is 0 Å². The van der Waals surface area contributed by atoms with Crippen LogP contribution in [0.5, 0.6) is 0 Å². The first kappa shape index (κ1) is 29.5. The van der Waals surface area contributed by atoms with Gasteiger partial charge in [-0.05, 0) is 25.0 Å². The predicted molar refractivity (Wildman–Crippen MR) is 102 cm³/mol. The molecule has 0 aliphatic rings. The van der Waals surface area contributed by atoms with Gasteiger partial charge in [0, 0.05) is 11.9 Å². The van der Waals surface area contributed by atoms with Crippen LogP contribution in [0.1, 0.15) is 103 Å². The Morgan fingerprint density at radius 2 is 1.08 bits per heavy atom. The number of pyridine rings is 1. The van der Waals surface area contributed by atoms with Crippen LogP contribution in [-0.4, -0.2) is 15.9 Å². The Labute approximate surface area is 168 Å². The van der Waals surface area contributed by atoms with Crippen LogP contribution >= 0.6 is 0 Å². The van der Waals surface area contributed by atoms with Crippen LogP contribution in [0.4, 0.5) is 0 Å². The van der Waals surface area contributed by atoms with Crippen LogP contribution in [0.2, 0.25) is 0 Å². The zero-order valence-electron chi connectivity index (χ0n) is 16.5. The van der Waals surface area contributed by atoms with Gasteiger partial charge in [0.05, 0.1) is 0 Å². The first-order chi connectivity index (χ1) is 10.9. The van der Waals surface area contributed by atoms with Crippen molar-refractivity contribution in [3.63, 3.8) is 0 Å². The molecule has 0 atom stereocenters. The molecule has 25 heavy (non-hydrogen) atoms. The maximum Gasteiger partial charge on any atom is 2.00 e. The average molecular weight is 403 g/mol. The van der Waals surface area contributed by atoms with E-state index in [0.717, 1.165) is 6.42 Å². The number of aromatic nitrogens is 1. The Morgan fingerprint density at radius 1 is 0.640 bits per heavy atom. The number of nitrogens with zero attached hydrogens (tertiary/aromatic N) is 1. The van der Waals surface area contributed by atoms with E-state index >= 15 is 0 Å². The quantitative estimate of drug-likeness (QED) is 0.240. The van der Waals surface area contributed by atoms with Gasteiger partial charge in [0.2, 0.25) is 0 Å². The van der Waals surface area contributed by atoms with Crippen molar-refractivity contribution in [2.45, 2.75) is 103 Å². The van der Waals surface area contributed by atoms with E-state index in [0.29, 0.717) is 0 Å². The van der Waals surface area contributed by atoms with Crippen LogP contribution in [-0.2, 0) is 25.9 Å². The first-order valence-electron chi connectivity index (χ1n) is 9.83. The molecule has 4 heteroatoms. The van der Waals surface area contributed by atoms with Crippen molar-refractivity contribution in [2.75, 3.05) is 0 Å². The summed E-state index contributed by atoms with van der Waals surface area (Å²) in [4.78, 5) is 4.38. The summed E-state index contributed by atoms with van der Waals surface area (Å²) >= 11 is 0. The van der Waals surface area contributed by atoms with Crippen molar-refractivity contribution in [3.05, 3.63) is 30.1 Å². The van der Waals surface area contributed by atoms with Gasteiger partial charge in [0.25, 0.3) is 0 Å². The van der Waals surface area contributed by atoms with Gasteiger partial charge in [0.1, 0.15) is 0 Å². The number of unbranched alkanes of at least 4 members (excludes halogenated alkanes) is 13. The van der Waals surface area contributed by atoms with Crippen LogP contribution in [0.3, 0.4) is 0 Å². The van der Waals surface area contributed by atoms with Gasteiger partial charge in [-0.3, -0.25) is 4.98 Å². The summed E-state index contributed by atoms with van der Waals surface area (Å²) in [6.45, 7) is 2.29. The molecule has 0 aromatic carbocycles. The molecule has 0 spiro atoms. The third-order valence-corrected chi connectivity index (χ3v) is 4.51. The Hall–Kier alpha value is -0.307. The molecule has 1 aromatic rings.